The second-order valence-electron chi connectivity index (χ2n) is 7.55. The summed E-state index contributed by atoms with van der Waals surface area (Å²) in [4.78, 5) is 11.9. The molecule has 0 aromatic heterocycles. The molecule has 1 aromatic carbocycles. The molecule has 4 nitrogen and oxygen atoms in total. The van der Waals surface area contributed by atoms with Crippen molar-refractivity contribution in [3.8, 4) is 0 Å². The highest BCUT2D eigenvalue weighted by atomic mass is 19.4. The lowest BCUT2D eigenvalue weighted by Gasteiger charge is -2.38. The van der Waals surface area contributed by atoms with E-state index >= 15 is 0 Å². The van der Waals surface area contributed by atoms with Crippen molar-refractivity contribution in [2.45, 2.75) is 69.9 Å². The zero-order chi connectivity index (χ0) is 18.9. The Labute approximate surface area is 145 Å². The van der Waals surface area contributed by atoms with Crippen molar-refractivity contribution in [3.63, 3.8) is 0 Å². The maximum atomic E-state index is 12.9. The van der Waals surface area contributed by atoms with Crippen LogP contribution in [0.1, 0.15) is 57.6 Å². The molecule has 1 aromatic rings. The van der Waals surface area contributed by atoms with Crippen molar-refractivity contribution in [3.05, 3.63) is 35.4 Å². The van der Waals surface area contributed by atoms with Crippen molar-refractivity contribution >= 4 is 6.09 Å². The number of alkyl carbamates (subject to hydrolysis) is 1. The Morgan fingerprint density at radius 3 is 2.60 bits per heavy atom. The third-order valence-corrected chi connectivity index (χ3v) is 4.18. The number of nitrogens with one attached hydrogen (secondary N) is 1. The number of halogens is 3. The summed E-state index contributed by atoms with van der Waals surface area (Å²) >= 11 is 0. The molecular formula is C18H24F3NO3. The van der Waals surface area contributed by atoms with E-state index in [0.717, 1.165) is 12.1 Å². The van der Waals surface area contributed by atoms with E-state index in [-0.39, 0.29) is 18.0 Å². The van der Waals surface area contributed by atoms with Gasteiger partial charge in [-0.15, -0.1) is 0 Å². The van der Waals surface area contributed by atoms with E-state index in [0.29, 0.717) is 19.3 Å². The first-order valence-corrected chi connectivity index (χ1v) is 8.29. The van der Waals surface area contributed by atoms with Crippen molar-refractivity contribution in [2.75, 3.05) is 0 Å². The van der Waals surface area contributed by atoms with Crippen LogP contribution in [0.25, 0.3) is 0 Å². The van der Waals surface area contributed by atoms with Crippen molar-refractivity contribution < 1.29 is 27.8 Å². The first kappa shape index (κ1) is 19.6. The van der Waals surface area contributed by atoms with E-state index in [1.54, 1.807) is 20.8 Å². The number of ether oxygens (including phenoxy) is 1. The Balaban J connectivity index is 2.12. The predicted molar refractivity (Wildman–Crippen MR) is 87.0 cm³/mol. The molecule has 0 heterocycles. The number of hydrogen-bond acceptors (Lipinski definition) is 3. The second kappa shape index (κ2) is 6.86. The van der Waals surface area contributed by atoms with Crippen LogP contribution < -0.4 is 5.32 Å². The molecule has 1 fully saturated rings. The zero-order valence-corrected chi connectivity index (χ0v) is 14.6. The maximum absolute atomic E-state index is 12.9. The first-order chi connectivity index (χ1) is 11.4. The molecule has 1 amide bonds. The number of carbonyl (C=O) groups excluding carboxylic acids is 1. The number of rotatable bonds is 2. The van der Waals surface area contributed by atoms with Crippen LogP contribution >= 0.6 is 0 Å². The molecule has 2 N–H and O–H groups in total. The van der Waals surface area contributed by atoms with Gasteiger partial charge in [-0.3, -0.25) is 0 Å². The summed E-state index contributed by atoms with van der Waals surface area (Å²) in [5.41, 5.74) is -2.62. The van der Waals surface area contributed by atoms with Crippen molar-refractivity contribution in [2.24, 2.45) is 0 Å². The Morgan fingerprint density at radius 2 is 2.00 bits per heavy atom. The van der Waals surface area contributed by atoms with Crippen molar-refractivity contribution in [1.29, 1.82) is 0 Å². The largest absolute Gasteiger partial charge is 0.444 e. The van der Waals surface area contributed by atoms with Gasteiger partial charge in [-0.25, -0.2) is 4.79 Å². The lowest BCUT2D eigenvalue weighted by Crippen LogP contribution is -2.45. The Bertz CT molecular complexity index is 625. The zero-order valence-electron chi connectivity index (χ0n) is 14.6. The molecule has 1 aliphatic rings. The number of hydrogen-bond donors (Lipinski definition) is 2. The Morgan fingerprint density at radius 1 is 1.32 bits per heavy atom. The van der Waals surface area contributed by atoms with E-state index < -0.39 is 29.0 Å². The van der Waals surface area contributed by atoms with Crippen LogP contribution in [0.4, 0.5) is 18.0 Å². The molecule has 2 atom stereocenters. The van der Waals surface area contributed by atoms with Gasteiger partial charge in [0, 0.05) is 12.5 Å². The summed E-state index contributed by atoms with van der Waals surface area (Å²) in [6, 6.07) is 4.39. The number of benzene rings is 1. The number of aliphatic hydroxyl groups is 1. The highest BCUT2D eigenvalue weighted by Crippen LogP contribution is 2.39. The van der Waals surface area contributed by atoms with Gasteiger partial charge in [0.25, 0.3) is 0 Å². The summed E-state index contributed by atoms with van der Waals surface area (Å²) in [5.74, 6) is 0. The van der Waals surface area contributed by atoms with Gasteiger partial charge in [0.15, 0.2) is 0 Å². The smallest absolute Gasteiger partial charge is 0.416 e. The minimum atomic E-state index is -4.46. The van der Waals surface area contributed by atoms with Crippen LogP contribution in [0.5, 0.6) is 0 Å². The van der Waals surface area contributed by atoms with Gasteiger partial charge < -0.3 is 15.2 Å². The number of alkyl halides is 3. The van der Waals surface area contributed by atoms with Crippen LogP contribution in [0.2, 0.25) is 0 Å². The third kappa shape index (κ3) is 5.36. The molecule has 0 bridgehead atoms. The molecule has 2 rings (SSSR count). The Kier molecular flexibility index (Phi) is 5.37. The first-order valence-electron chi connectivity index (χ1n) is 8.29. The van der Waals surface area contributed by atoms with Gasteiger partial charge in [0.1, 0.15) is 5.60 Å². The lowest BCUT2D eigenvalue weighted by atomic mass is 9.77. The van der Waals surface area contributed by atoms with Gasteiger partial charge in [0.05, 0.1) is 11.2 Å². The number of carbonyl (C=O) groups is 1. The van der Waals surface area contributed by atoms with Crippen LogP contribution in [-0.2, 0) is 16.5 Å². The van der Waals surface area contributed by atoms with Gasteiger partial charge >= 0.3 is 12.3 Å². The predicted octanol–water partition coefficient (Wildman–Crippen LogP) is 4.36. The maximum Gasteiger partial charge on any atom is 0.416 e. The molecule has 1 saturated carbocycles. The van der Waals surface area contributed by atoms with Crippen LogP contribution in [0.15, 0.2) is 24.3 Å². The Hall–Kier alpha value is -1.76. The third-order valence-electron chi connectivity index (χ3n) is 4.18. The molecule has 25 heavy (non-hydrogen) atoms. The molecule has 0 radical (unpaired) electrons. The molecule has 0 aliphatic heterocycles. The average Bonchev–Trinajstić information content (AvgIpc) is 2.44. The molecule has 0 spiro atoms. The standard InChI is InChI=1S/C18H24F3NO3/c1-16(2,3)25-15(23)22-14-8-5-9-17(24,11-14)12-6-4-7-13(10-12)18(19,20)21/h4,6-7,10,14,24H,5,8-9,11H2,1-3H3,(H,22,23)/t14?,17-/m0/s1. The average molecular weight is 359 g/mol. The fourth-order valence-electron chi connectivity index (χ4n) is 3.10. The van der Waals surface area contributed by atoms with Crippen molar-refractivity contribution in [1.82, 2.24) is 5.32 Å². The van der Waals surface area contributed by atoms with E-state index in [1.165, 1.54) is 12.1 Å². The minimum absolute atomic E-state index is 0.146. The number of amides is 1. The highest BCUT2D eigenvalue weighted by Gasteiger charge is 2.39. The van der Waals surface area contributed by atoms with E-state index in [1.807, 2.05) is 0 Å². The topological polar surface area (TPSA) is 58.6 Å². The van der Waals surface area contributed by atoms with Crippen LogP contribution in [0.3, 0.4) is 0 Å². The molecule has 1 unspecified atom stereocenters. The lowest BCUT2D eigenvalue weighted by molar-refractivity contribution is -0.137. The monoisotopic (exact) mass is 359 g/mol. The van der Waals surface area contributed by atoms with Gasteiger partial charge in [-0.05, 0) is 57.7 Å². The molecular weight excluding hydrogens is 335 g/mol. The normalized spacial score (nSPS) is 24.7. The summed E-state index contributed by atoms with van der Waals surface area (Å²) < 4.78 is 43.9. The molecule has 1 aliphatic carbocycles. The minimum Gasteiger partial charge on any atom is -0.444 e. The van der Waals surface area contributed by atoms with Gasteiger partial charge in [0.2, 0.25) is 0 Å². The van der Waals surface area contributed by atoms with Gasteiger partial charge in [-0.2, -0.15) is 13.2 Å². The van der Waals surface area contributed by atoms with E-state index in [4.69, 9.17) is 4.74 Å². The SMILES string of the molecule is CC(C)(C)OC(=O)NC1CCC[C@@](O)(c2cccc(C(F)(F)F)c2)C1. The summed E-state index contributed by atoms with van der Waals surface area (Å²) in [7, 11) is 0. The fraction of sp³-hybridized carbons (Fsp3) is 0.611. The van der Waals surface area contributed by atoms with Gasteiger partial charge in [-0.1, -0.05) is 12.1 Å². The summed E-state index contributed by atoms with van der Waals surface area (Å²) in [6.07, 6.45) is -3.33. The van der Waals surface area contributed by atoms with E-state index in [9.17, 15) is 23.1 Å². The van der Waals surface area contributed by atoms with E-state index in [2.05, 4.69) is 5.32 Å². The fourth-order valence-corrected chi connectivity index (χ4v) is 3.10. The summed E-state index contributed by atoms with van der Waals surface area (Å²) in [5, 5.41) is 13.6. The molecule has 0 saturated heterocycles. The van der Waals surface area contributed by atoms with Crippen LogP contribution in [-0.4, -0.2) is 22.8 Å². The summed E-state index contributed by atoms with van der Waals surface area (Å²) in [6.45, 7) is 5.23. The second-order valence-corrected chi connectivity index (χ2v) is 7.55. The quantitative estimate of drug-likeness (QED) is 0.825. The van der Waals surface area contributed by atoms with Crippen LogP contribution in [0, 0.1) is 0 Å². The highest BCUT2D eigenvalue weighted by molar-refractivity contribution is 5.68. The molecule has 7 heteroatoms. The molecule has 140 valence electrons.